The van der Waals surface area contributed by atoms with E-state index in [1.807, 2.05) is 6.92 Å². The van der Waals surface area contributed by atoms with E-state index < -0.39 is 5.54 Å². The van der Waals surface area contributed by atoms with Crippen molar-refractivity contribution in [3.8, 4) is 0 Å². The highest BCUT2D eigenvalue weighted by molar-refractivity contribution is 5.84. The van der Waals surface area contributed by atoms with Crippen molar-refractivity contribution in [3.05, 3.63) is 0 Å². The average molecular weight is 243 g/mol. The monoisotopic (exact) mass is 243 g/mol. The summed E-state index contributed by atoms with van der Waals surface area (Å²) in [6, 6.07) is 0.339. The normalized spacial score (nSPS) is 25.5. The summed E-state index contributed by atoms with van der Waals surface area (Å²) < 4.78 is 5.39. The number of carbonyl (C=O) groups is 1. The number of hydrogen-bond donors (Lipinski definition) is 2. The summed E-state index contributed by atoms with van der Waals surface area (Å²) in [7, 11) is 0. The van der Waals surface area contributed by atoms with Crippen LogP contribution in [0.3, 0.4) is 0 Å². The SMILES string of the molecule is CCCNC(C)(CN1CCOCC1C)C(N)=O. The summed E-state index contributed by atoms with van der Waals surface area (Å²) in [4.78, 5) is 13.9. The standard InChI is InChI=1S/C12H25N3O2/c1-4-5-14-12(3,11(13)16)9-15-6-7-17-8-10(15)2/h10,14H,4-9H2,1-3H3,(H2,13,16). The van der Waals surface area contributed by atoms with E-state index >= 15 is 0 Å². The average Bonchev–Trinajstić information content (AvgIpc) is 2.29. The molecule has 0 spiro atoms. The highest BCUT2D eigenvalue weighted by atomic mass is 16.5. The van der Waals surface area contributed by atoms with Crippen molar-refractivity contribution in [3.63, 3.8) is 0 Å². The van der Waals surface area contributed by atoms with Crippen LogP contribution in [0.1, 0.15) is 27.2 Å². The Labute approximate surface area is 104 Å². The fourth-order valence-corrected chi connectivity index (χ4v) is 2.02. The lowest BCUT2D eigenvalue weighted by Crippen LogP contribution is -2.62. The van der Waals surface area contributed by atoms with Crippen LogP contribution in [0.4, 0.5) is 0 Å². The molecular weight excluding hydrogens is 218 g/mol. The number of nitrogens with one attached hydrogen (secondary N) is 1. The quantitative estimate of drug-likeness (QED) is 0.686. The molecule has 2 unspecified atom stereocenters. The van der Waals surface area contributed by atoms with Gasteiger partial charge in [-0.15, -0.1) is 0 Å². The molecule has 1 saturated heterocycles. The molecule has 17 heavy (non-hydrogen) atoms. The predicted molar refractivity (Wildman–Crippen MR) is 67.7 cm³/mol. The predicted octanol–water partition coefficient (Wildman–Crippen LogP) is -0.0493. The van der Waals surface area contributed by atoms with Crippen LogP contribution in [0.2, 0.25) is 0 Å². The van der Waals surface area contributed by atoms with Gasteiger partial charge in [0.1, 0.15) is 5.54 Å². The minimum atomic E-state index is -0.651. The number of primary amides is 1. The molecular formula is C12H25N3O2. The second-order valence-electron chi connectivity index (χ2n) is 5.02. The molecule has 1 heterocycles. The Balaban J connectivity index is 2.61. The van der Waals surface area contributed by atoms with Crippen LogP contribution < -0.4 is 11.1 Å². The molecule has 1 aliphatic rings. The van der Waals surface area contributed by atoms with E-state index in [0.717, 1.165) is 32.7 Å². The number of nitrogens with two attached hydrogens (primary N) is 1. The van der Waals surface area contributed by atoms with Gasteiger partial charge in [0.05, 0.1) is 13.2 Å². The van der Waals surface area contributed by atoms with Crippen LogP contribution in [0.15, 0.2) is 0 Å². The first-order valence-corrected chi connectivity index (χ1v) is 6.36. The maximum atomic E-state index is 11.6. The Bertz CT molecular complexity index is 260. The molecule has 0 saturated carbocycles. The number of morpholine rings is 1. The van der Waals surface area contributed by atoms with Crippen molar-refractivity contribution >= 4 is 5.91 Å². The molecule has 0 aliphatic carbocycles. The van der Waals surface area contributed by atoms with Crippen molar-refractivity contribution in [1.29, 1.82) is 0 Å². The molecule has 100 valence electrons. The van der Waals surface area contributed by atoms with Crippen LogP contribution in [-0.2, 0) is 9.53 Å². The van der Waals surface area contributed by atoms with E-state index in [0.29, 0.717) is 12.6 Å². The van der Waals surface area contributed by atoms with Gasteiger partial charge in [-0.3, -0.25) is 9.69 Å². The van der Waals surface area contributed by atoms with Gasteiger partial charge >= 0.3 is 0 Å². The van der Waals surface area contributed by atoms with Gasteiger partial charge in [-0.2, -0.15) is 0 Å². The number of nitrogens with zero attached hydrogens (tertiary/aromatic N) is 1. The molecule has 0 aromatic heterocycles. The van der Waals surface area contributed by atoms with Crippen LogP contribution in [-0.4, -0.2) is 55.2 Å². The van der Waals surface area contributed by atoms with Gasteiger partial charge in [0.25, 0.3) is 0 Å². The van der Waals surface area contributed by atoms with Gasteiger partial charge in [0, 0.05) is 19.1 Å². The summed E-state index contributed by atoms with van der Waals surface area (Å²) >= 11 is 0. The zero-order valence-electron chi connectivity index (χ0n) is 11.2. The van der Waals surface area contributed by atoms with Crippen LogP contribution in [0.25, 0.3) is 0 Å². The second kappa shape index (κ2) is 6.33. The van der Waals surface area contributed by atoms with Crippen molar-refractivity contribution in [2.24, 2.45) is 5.73 Å². The lowest BCUT2D eigenvalue weighted by Gasteiger charge is -2.39. The summed E-state index contributed by atoms with van der Waals surface area (Å²) in [6.07, 6.45) is 0.988. The molecule has 2 atom stereocenters. The van der Waals surface area contributed by atoms with E-state index in [1.54, 1.807) is 0 Å². The number of ether oxygens (including phenoxy) is 1. The van der Waals surface area contributed by atoms with Crippen LogP contribution in [0, 0.1) is 0 Å². The maximum Gasteiger partial charge on any atom is 0.238 e. The third kappa shape index (κ3) is 3.94. The van der Waals surface area contributed by atoms with E-state index in [2.05, 4.69) is 24.1 Å². The number of carbonyl (C=O) groups excluding carboxylic acids is 1. The lowest BCUT2D eigenvalue weighted by molar-refractivity contribution is -0.125. The summed E-state index contributed by atoms with van der Waals surface area (Å²) in [5, 5.41) is 3.26. The first-order chi connectivity index (χ1) is 7.99. The molecule has 0 aromatic rings. The summed E-state index contributed by atoms with van der Waals surface area (Å²) in [6.45, 7) is 9.83. The smallest absolute Gasteiger partial charge is 0.238 e. The summed E-state index contributed by atoms with van der Waals surface area (Å²) in [5.41, 5.74) is 4.86. The fraction of sp³-hybridized carbons (Fsp3) is 0.917. The zero-order chi connectivity index (χ0) is 12.9. The largest absolute Gasteiger partial charge is 0.379 e. The van der Waals surface area contributed by atoms with Gasteiger partial charge in [-0.05, 0) is 26.8 Å². The van der Waals surface area contributed by atoms with Crippen molar-refractivity contribution in [1.82, 2.24) is 10.2 Å². The van der Waals surface area contributed by atoms with Gasteiger partial charge in [-0.25, -0.2) is 0 Å². The Morgan fingerprint density at radius 2 is 2.35 bits per heavy atom. The minimum absolute atomic E-state index is 0.287. The van der Waals surface area contributed by atoms with E-state index in [1.165, 1.54) is 0 Å². The van der Waals surface area contributed by atoms with Gasteiger partial charge in [0.2, 0.25) is 5.91 Å². The highest BCUT2D eigenvalue weighted by Crippen LogP contribution is 2.12. The minimum Gasteiger partial charge on any atom is -0.379 e. The van der Waals surface area contributed by atoms with Crippen molar-refractivity contribution < 1.29 is 9.53 Å². The number of hydrogen-bond acceptors (Lipinski definition) is 4. The Kier molecular flexibility index (Phi) is 5.36. The molecule has 1 fully saturated rings. The molecule has 1 rings (SSSR count). The van der Waals surface area contributed by atoms with E-state index in [4.69, 9.17) is 10.5 Å². The highest BCUT2D eigenvalue weighted by Gasteiger charge is 2.34. The molecule has 3 N–H and O–H groups in total. The second-order valence-corrected chi connectivity index (χ2v) is 5.02. The van der Waals surface area contributed by atoms with Crippen molar-refractivity contribution in [2.75, 3.05) is 32.8 Å². The molecule has 1 amide bonds. The Morgan fingerprint density at radius 3 is 2.88 bits per heavy atom. The molecule has 0 aromatic carbocycles. The Morgan fingerprint density at radius 1 is 1.65 bits per heavy atom. The summed E-state index contributed by atoms with van der Waals surface area (Å²) in [5.74, 6) is -0.287. The van der Waals surface area contributed by atoms with Gasteiger partial charge in [0.15, 0.2) is 0 Å². The molecule has 1 aliphatic heterocycles. The third-order valence-corrected chi connectivity index (χ3v) is 3.33. The van der Waals surface area contributed by atoms with Gasteiger partial charge < -0.3 is 15.8 Å². The maximum absolute atomic E-state index is 11.6. The molecule has 0 bridgehead atoms. The lowest BCUT2D eigenvalue weighted by atomic mass is 9.99. The first-order valence-electron chi connectivity index (χ1n) is 6.36. The Hall–Kier alpha value is -0.650. The molecule has 5 nitrogen and oxygen atoms in total. The first kappa shape index (κ1) is 14.4. The van der Waals surface area contributed by atoms with Crippen molar-refractivity contribution in [2.45, 2.75) is 38.8 Å². The third-order valence-electron chi connectivity index (χ3n) is 3.33. The topological polar surface area (TPSA) is 67.6 Å². The fourth-order valence-electron chi connectivity index (χ4n) is 2.02. The van der Waals surface area contributed by atoms with E-state index in [9.17, 15) is 4.79 Å². The molecule has 0 radical (unpaired) electrons. The molecule has 5 heteroatoms. The number of rotatable bonds is 6. The zero-order valence-corrected chi connectivity index (χ0v) is 11.2. The van der Waals surface area contributed by atoms with Crippen LogP contribution in [0.5, 0.6) is 0 Å². The van der Waals surface area contributed by atoms with Gasteiger partial charge in [-0.1, -0.05) is 6.92 Å². The van der Waals surface area contributed by atoms with E-state index in [-0.39, 0.29) is 5.91 Å². The van der Waals surface area contributed by atoms with Crippen LogP contribution >= 0.6 is 0 Å². The number of amides is 1.